The number of amides is 1. The molecule has 0 unspecified atom stereocenters. The maximum atomic E-state index is 13.4. The average Bonchev–Trinajstić information content (AvgIpc) is 3.43. The lowest BCUT2D eigenvalue weighted by Gasteiger charge is -2.34. The first-order chi connectivity index (χ1) is 14.7. The number of hydrogen-bond acceptors (Lipinski definition) is 4. The highest BCUT2D eigenvalue weighted by Crippen LogP contribution is 2.31. The number of aromatic nitrogens is 3. The molecule has 3 aromatic rings. The molecule has 1 saturated heterocycles. The Labute approximate surface area is 175 Å². The summed E-state index contributed by atoms with van der Waals surface area (Å²) < 4.78 is 15.6. The topological polar surface area (TPSA) is 54.3 Å². The van der Waals surface area contributed by atoms with Crippen LogP contribution in [0.1, 0.15) is 47.6 Å². The zero-order chi connectivity index (χ0) is 20.5. The fourth-order valence-electron chi connectivity index (χ4n) is 4.67. The summed E-state index contributed by atoms with van der Waals surface area (Å²) in [6, 6.07) is 9.06. The minimum atomic E-state index is -0.209. The Morgan fingerprint density at radius 1 is 1.07 bits per heavy atom. The van der Waals surface area contributed by atoms with E-state index in [1.54, 1.807) is 18.3 Å². The number of pyridine rings is 1. The van der Waals surface area contributed by atoms with Crippen LogP contribution in [0.5, 0.6) is 0 Å². The third kappa shape index (κ3) is 3.81. The van der Waals surface area contributed by atoms with Crippen molar-refractivity contribution < 1.29 is 9.18 Å². The predicted molar refractivity (Wildman–Crippen MR) is 113 cm³/mol. The van der Waals surface area contributed by atoms with Gasteiger partial charge in [0.25, 0.3) is 5.91 Å². The lowest BCUT2D eigenvalue weighted by Crippen LogP contribution is -2.48. The van der Waals surface area contributed by atoms with E-state index in [1.165, 1.54) is 31.7 Å². The Morgan fingerprint density at radius 3 is 2.63 bits per heavy atom. The third-order valence-corrected chi connectivity index (χ3v) is 6.33. The van der Waals surface area contributed by atoms with Crippen LogP contribution in [0.4, 0.5) is 4.39 Å². The number of carbonyl (C=O) groups excluding carboxylic acids is 1. The first-order valence-corrected chi connectivity index (χ1v) is 10.8. The molecule has 5 rings (SSSR count). The van der Waals surface area contributed by atoms with Crippen molar-refractivity contribution in [1.29, 1.82) is 0 Å². The van der Waals surface area contributed by atoms with Gasteiger partial charge in [0.2, 0.25) is 0 Å². The van der Waals surface area contributed by atoms with Crippen molar-refractivity contribution in [3.63, 3.8) is 0 Å². The SMILES string of the molecule is O=C(c1cnc2c(c1)ncn2C1CCCC1)N1CCN(Cc2cccc(F)c2)CC1. The smallest absolute Gasteiger partial charge is 0.255 e. The second-order valence-corrected chi connectivity index (χ2v) is 8.36. The van der Waals surface area contributed by atoms with E-state index < -0.39 is 0 Å². The first-order valence-electron chi connectivity index (χ1n) is 10.8. The molecule has 30 heavy (non-hydrogen) atoms. The summed E-state index contributed by atoms with van der Waals surface area (Å²) in [4.78, 5) is 26.2. The van der Waals surface area contributed by atoms with Gasteiger partial charge in [0, 0.05) is 45.0 Å². The van der Waals surface area contributed by atoms with Gasteiger partial charge in [0.15, 0.2) is 5.65 Å². The van der Waals surface area contributed by atoms with E-state index >= 15 is 0 Å². The number of halogens is 1. The quantitative estimate of drug-likeness (QED) is 0.663. The van der Waals surface area contributed by atoms with Crippen LogP contribution in [-0.2, 0) is 6.54 Å². The summed E-state index contributed by atoms with van der Waals surface area (Å²) in [6.07, 6.45) is 8.42. The van der Waals surface area contributed by atoms with Crippen LogP contribution < -0.4 is 0 Å². The van der Waals surface area contributed by atoms with Gasteiger partial charge >= 0.3 is 0 Å². The lowest BCUT2D eigenvalue weighted by molar-refractivity contribution is 0.0628. The summed E-state index contributed by atoms with van der Waals surface area (Å²) in [6.45, 7) is 3.56. The Kier molecular flexibility index (Phi) is 5.21. The summed E-state index contributed by atoms with van der Waals surface area (Å²) in [5.74, 6) is -0.204. The molecule has 3 heterocycles. The van der Waals surface area contributed by atoms with Crippen molar-refractivity contribution in [2.75, 3.05) is 26.2 Å². The summed E-state index contributed by atoms with van der Waals surface area (Å²) in [7, 11) is 0. The van der Waals surface area contributed by atoms with Crippen molar-refractivity contribution in [1.82, 2.24) is 24.3 Å². The molecule has 7 heteroatoms. The molecule has 6 nitrogen and oxygen atoms in total. The minimum Gasteiger partial charge on any atom is -0.336 e. The van der Waals surface area contributed by atoms with E-state index in [0.717, 1.165) is 29.8 Å². The van der Waals surface area contributed by atoms with Gasteiger partial charge in [0.05, 0.1) is 11.9 Å². The average molecular weight is 407 g/mol. The highest BCUT2D eigenvalue weighted by atomic mass is 19.1. The van der Waals surface area contributed by atoms with Crippen molar-refractivity contribution in [2.45, 2.75) is 38.3 Å². The fourth-order valence-corrected chi connectivity index (χ4v) is 4.67. The number of fused-ring (bicyclic) bond motifs is 1. The standard InChI is InChI=1S/C23H26FN5O/c24-19-5-3-4-17(12-19)15-27-8-10-28(11-9-27)23(30)18-13-21-22(25-14-18)29(16-26-21)20-6-1-2-7-20/h3-5,12-14,16,20H,1-2,6-11,15H2. The van der Waals surface area contributed by atoms with Crippen molar-refractivity contribution in [2.24, 2.45) is 0 Å². The maximum absolute atomic E-state index is 13.4. The molecule has 0 N–H and O–H groups in total. The van der Waals surface area contributed by atoms with Gasteiger partial charge in [-0.25, -0.2) is 14.4 Å². The molecular formula is C23H26FN5O. The van der Waals surface area contributed by atoms with Gasteiger partial charge in [-0.1, -0.05) is 25.0 Å². The molecule has 0 atom stereocenters. The molecule has 2 aliphatic rings. The number of carbonyl (C=O) groups is 1. The molecular weight excluding hydrogens is 381 g/mol. The van der Waals surface area contributed by atoms with Crippen LogP contribution in [0.2, 0.25) is 0 Å². The van der Waals surface area contributed by atoms with Gasteiger partial charge in [0.1, 0.15) is 11.3 Å². The van der Waals surface area contributed by atoms with Crippen LogP contribution in [0, 0.1) is 5.82 Å². The molecule has 2 aromatic heterocycles. The van der Waals surface area contributed by atoms with E-state index in [4.69, 9.17) is 0 Å². The molecule has 1 aliphatic heterocycles. The van der Waals surface area contributed by atoms with Crippen LogP contribution in [-0.4, -0.2) is 56.4 Å². The van der Waals surface area contributed by atoms with E-state index in [0.29, 0.717) is 31.2 Å². The minimum absolute atomic E-state index is 0.00484. The number of piperazine rings is 1. The van der Waals surface area contributed by atoms with E-state index in [1.807, 2.05) is 23.4 Å². The van der Waals surface area contributed by atoms with Crippen molar-refractivity contribution >= 4 is 17.1 Å². The maximum Gasteiger partial charge on any atom is 0.255 e. The third-order valence-electron chi connectivity index (χ3n) is 6.33. The van der Waals surface area contributed by atoms with Crippen LogP contribution in [0.15, 0.2) is 42.9 Å². The molecule has 1 amide bonds. The number of imidazole rings is 1. The fraction of sp³-hybridized carbons (Fsp3) is 0.435. The second-order valence-electron chi connectivity index (χ2n) is 8.36. The Balaban J connectivity index is 1.23. The zero-order valence-electron chi connectivity index (χ0n) is 17.0. The van der Waals surface area contributed by atoms with Crippen LogP contribution in [0.3, 0.4) is 0 Å². The van der Waals surface area contributed by atoms with Gasteiger partial charge in [-0.2, -0.15) is 0 Å². The molecule has 1 aliphatic carbocycles. The number of benzene rings is 1. The second kappa shape index (κ2) is 8.14. The van der Waals surface area contributed by atoms with E-state index in [-0.39, 0.29) is 11.7 Å². The monoisotopic (exact) mass is 407 g/mol. The van der Waals surface area contributed by atoms with E-state index in [9.17, 15) is 9.18 Å². The van der Waals surface area contributed by atoms with Gasteiger partial charge < -0.3 is 9.47 Å². The van der Waals surface area contributed by atoms with Crippen LogP contribution in [0.25, 0.3) is 11.2 Å². The zero-order valence-corrected chi connectivity index (χ0v) is 17.0. The van der Waals surface area contributed by atoms with Gasteiger partial charge in [-0.15, -0.1) is 0 Å². The van der Waals surface area contributed by atoms with Gasteiger partial charge in [-0.3, -0.25) is 9.69 Å². The predicted octanol–water partition coefficient (Wildman–Crippen LogP) is 3.64. The van der Waals surface area contributed by atoms with Gasteiger partial charge in [-0.05, 0) is 36.6 Å². The number of nitrogens with zero attached hydrogens (tertiary/aromatic N) is 5. The van der Waals surface area contributed by atoms with Crippen LogP contribution >= 0.6 is 0 Å². The molecule has 156 valence electrons. The molecule has 2 fully saturated rings. The summed E-state index contributed by atoms with van der Waals surface area (Å²) in [5, 5.41) is 0. The lowest BCUT2D eigenvalue weighted by atomic mass is 10.1. The summed E-state index contributed by atoms with van der Waals surface area (Å²) in [5.41, 5.74) is 3.22. The highest BCUT2D eigenvalue weighted by Gasteiger charge is 2.24. The van der Waals surface area contributed by atoms with Crippen molar-refractivity contribution in [3.8, 4) is 0 Å². The number of rotatable bonds is 4. The molecule has 0 radical (unpaired) electrons. The highest BCUT2D eigenvalue weighted by molar-refractivity contribution is 5.96. The Bertz CT molecular complexity index is 1050. The van der Waals surface area contributed by atoms with Crippen molar-refractivity contribution in [3.05, 3.63) is 59.8 Å². The largest absolute Gasteiger partial charge is 0.336 e. The van der Waals surface area contributed by atoms with E-state index in [2.05, 4.69) is 19.4 Å². The number of hydrogen-bond donors (Lipinski definition) is 0. The molecule has 0 bridgehead atoms. The first kappa shape index (κ1) is 19.2. The molecule has 1 aromatic carbocycles. The normalized spacial score (nSPS) is 18.4. The Hall–Kier alpha value is -2.80. The molecule has 1 saturated carbocycles. The summed E-state index contributed by atoms with van der Waals surface area (Å²) >= 11 is 0. The molecule has 0 spiro atoms. The Morgan fingerprint density at radius 2 is 1.87 bits per heavy atom.